The largest absolute Gasteiger partial charge is 0.472 e. The van der Waals surface area contributed by atoms with E-state index in [0.717, 1.165) is 102 Å². The van der Waals surface area contributed by atoms with E-state index in [9.17, 15) is 43.2 Å². The minimum Gasteiger partial charge on any atom is -0.462 e. The number of aliphatic hydroxyl groups is 1. The number of carbonyl (C=O) groups excluding carboxylic acids is 4. The van der Waals surface area contributed by atoms with Crippen molar-refractivity contribution in [1.82, 2.24) is 0 Å². The summed E-state index contributed by atoms with van der Waals surface area (Å²) in [5, 5.41) is 10.6. The monoisotopic (exact) mass is 1310 g/mol. The highest BCUT2D eigenvalue weighted by Crippen LogP contribution is 2.45. The van der Waals surface area contributed by atoms with Gasteiger partial charge in [-0.3, -0.25) is 37.3 Å². The normalized spacial score (nSPS) is 14.1. The third kappa shape index (κ3) is 64.6. The summed E-state index contributed by atoms with van der Waals surface area (Å²) < 4.78 is 68.2. The van der Waals surface area contributed by atoms with Gasteiger partial charge in [0.1, 0.15) is 19.3 Å². The van der Waals surface area contributed by atoms with E-state index < -0.39 is 97.5 Å². The maximum atomic E-state index is 13.0. The van der Waals surface area contributed by atoms with E-state index in [-0.39, 0.29) is 25.7 Å². The average Bonchev–Trinajstić information content (AvgIpc) is 3.66. The summed E-state index contributed by atoms with van der Waals surface area (Å²) in [5.74, 6) is -1.32. The molecular formula is C70H136O17P2. The van der Waals surface area contributed by atoms with Crippen LogP contribution >= 0.6 is 15.6 Å². The quantitative estimate of drug-likeness (QED) is 0.0222. The molecule has 0 aromatic carbocycles. The van der Waals surface area contributed by atoms with Gasteiger partial charge in [-0.25, -0.2) is 9.13 Å². The van der Waals surface area contributed by atoms with Gasteiger partial charge in [0.25, 0.3) is 0 Å². The van der Waals surface area contributed by atoms with Crippen molar-refractivity contribution < 1.29 is 80.2 Å². The van der Waals surface area contributed by atoms with Gasteiger partial charge in [-0.2, -0.15) is 0 Å². The third-order valence-electron chi connectivity index (χ3n) is 16.3. The van der Waals surface area contributed by atoms with Crippen molar-refractivity contribution in [3.63, 3.8) is 0 Å². The number of unbranched alkanes of at least 4 members (excludes halogenated alkanes) is 42. The highest BCUT2D eigenvalue weighted by atomic mass is 31.2. The van der Waals surface area contributed by atoms with Crippen LogP contribution in [0.15, 0.2) is 0 Å². The fourth-order valence-electron chi connectivity index (χ4n) is 10.6. The van der Waals surface area contributed by atoms with E-state index in [0.29, 0.717) is 25.7 Å². The summed E-state index contributed by atoms with van der Waals surface area (Å²) in [6.07, 6.45) is 49.9. The van der Waals surface area contributed by atoms with Crippen LogP contribution in [0.25, 0.3) is 0 Å². The molecule has 0 spiro atoms. The van der Waals surface area contributed by atoms with Gasteiger partial charge in [-0.1, -0.05) is 311 Å². The predicted molar refractivity (Wildman–Crippen MR) is 358 cm³/mol. The summed E-state index contributed by atoms with van der Waals surface area (Å²) in [5.41, 5.74) is 0. The number of rotatable bonds is 70. The molecule has 2 unspecified atom stereocenters. The zero-order valence-corrected chi connectivity index (χ0v) is 59.4. The van der Waals surface area contributed by atoms with E-state index in [1.165, 1.54) is 180 Å². The van der Waals surface area contributed by atoms with Crippen molar-refractivity contribution in [3.8, 4) is 0 Å². The molecule has 0 aliphatic carbocycles. The molecule has 17 nitrogen and oxygen atoms in total. The second-order valence-electron chi connectivity index (χ2n) is 25.7. The van der Waals surface area contributed by atoms with Crippen LogP contribution in [0.4, 0.5) is 0 Å². The van der Waals surface area contributed by atoms with E-state index >= 15 is 0 Å². The molecule has 0 aliphatic rings. The van der Waals surface area contributed by atoms with Crippen LogP contribution in [0, 0.1) is 5.92 Å². The second-order valence-corrected chi connectivity index (χ2v) is 28.7. The topological polar surface area (TPSA) is 237 Å². The zero-order valence-electron chi connectivity index (χ0n) is 57.6. The number of hydrogen-bond acceptors (Lipinski definition) is 15. The molecule has 0 amide bonds. The van der Waals surface area contributed by atoms with Gasteiger partial charge in [-0.15, -0.1) is 0 Å². The van der Waals surface area contributed by atoms with Gasteiger partial charge in [0.15, 0.2) is 12.2 Å². The first-order chi connectivity index (χ1) is 43.0. The molecule has 0 fully saturated rings. The Hall–Kier alpha value is -1.94. The summed E-state index contributed by atoms with van der Waals surface area (Å²) >= 11 is 0. The maximum absolute atomic E-state index is 13.0. The van der Waals surface area contributed by atoms with Crippen LogP contribution < -0.4 is 0 Å². The van der Waals surface area contributed by atoms with Crippen molar-refractivity contribution in [2.45, 2.75) is 380 Å². The number of carbonyl (C=O) groups is 4. The van der Waals surface area contributed by atoms with Crippen LogP contribution in [0.2, 0.25) is 0 Å². The number of ether oxygens (including phenoxy) is 4. The molecule has 0 rings (SSSR count). The number of hydrogen-bond donors (Lipinski definition) is 3. The van der Waals surface area contributed by atoms with Crippen LogP contribution in [0.1, 0.15) is 362 Å². The van der Waals surface area contributed by atoms with Crippen molar-refractivity contribution in [1.29, 1.82) is 0 Å². The van der Waals surface area contributed by atoms with Crippen LogP contribution in [0.5, 0.6) is 0 Å². The molecule has 5 atom stereocenters. The summed E-state index contributed by atoms with van der Waals surface area (Å²) in [6.45, 7) is 7.24. The van der Waals surface area contributed by atoms with Gasteiger partial charge in [0.05, 0.1) is 26.4 Å². The van der Waals surface area contributed by atoms with Gasteiger partial charge >= 0.3 is 39.5 Å². The van der Waals surface area contributed by atoms with Gasteiger partial charge in [-0.05, 0) is 31.6 Å². The fourth-order valence-corrected chi connectivity index (χ4v) is 12.2. The average molecular weight is 1310 g/mol. The van der Waals surface area contributed by atoms with E-state index in [2.05, 4.69) is 34.6 Å². The minimum atomic E-state index is -4.95. The van der Waals surface area contributed by atoms with Gasteiger partial charge < -0.3 is 33.8 Å². The number of aliphatic hydroxyl groups excluding tert-OH is 1. The lowest BCUT2D eigenvalue weighted by Crippen LogP contribution is -2.30. The molecule has 19 heteroatoms. The lowest BCUT2D eigenvalue weighted by atomic mass is 10.0. The number of phosphoric ester groups is 2. The lowest BCUT2D eigenvalue weighted by molar-refractivity contribution is -0.161. The lowest BCUT2D eigenvalue weighted by Gasteiger charge is -2.21. The summed E-state index contributed by atoms with van der Waals surface area (Å²) in [7, 11) is -9.89. The molecule has 0 saturated carbocycles. The second kappa shape index (κ2) is 63.5. The Morgan fingerprint density at radius 1 is 0.303 bits per heavy atom. The molecule has 528 valence electrons. The summed E-state index contributed by atoms with van der Waals surface area (Å²) in [6, 6.07) is 0. The Kier molecular flexibility index (Phi) is 62.1. The van der Waals surface area contributed by atoms with E-state index in [4.69, 9.17) is 37.0 Å². The summed E-state index contributed by atoms with van der Waals surface area (Å²) in [4.78, 5) is 72.4. The van der Waals surface area contributed by atoms with Crippen molar-refractivity contribution >= 4 is 39.5 Å². The first kappa shape index (κ1) is 87.1. The maximum Gasteiger partial charge on any atom is 0.472 e. The Morgan fingerprint density at radius 3 is 0.764 bits per heavy atom. The predicted octanol–water partition coefficient (Wildman–Crippen LogP) is 20.1. The molecule has 0 heterocycles. The Balaban J connectivity index is 5.19. The minimum absolute atomic E-state index is 0.106. The molecule has 0 bridgehead atoms. The molecule has 0 aliphatic heterocycles. The molecule has 3 N–H and O–H groups in total. The standard InChI is InChI=1S/C70H136O17P2/c1-6-9-12-15-18-21-23-27-31-35-39-44-49-54-68(73)81-60-66(87-70(75)56-51-46-41-36-32-29-26-24-25-28-30-33-37-42-47-52-63(4)5)62-85-89(78,79)83-58-64(71)57-82-88(76,77)84-61-65(59-80-67(72)53-48-43-38-20-17-14-11-8-3)86-69(74)55-50-45-40-34-22-19-16-13-10-7-2/h63-66,71H,6-62H2,1-5H3,(H,76,77)(H,78,79)/t64-,65+,66+/m0/s1. The van der Waals surface area contributed by atoms with Crippen molar-refractivity contribution in [2.24, 2.45) is 5.92 Å². The van der Waals surface area contributed by atoms with Crippen LogP contribution in [0.3, 0.4) is 0 Å². The van der Waals surface area contributed by atoms with E-state index in [1.54, 1.807) is 0 Å². The Morgan fingerprint density at radius 2 is 0.517 bits per heavy atom. The smallest absolute Gasteiger partial charge is 0.462 e. The number of phosphoric acid groups is 2. The van der Waals surface area contributed by atoms with Crippen LogP contribution in [-0.2, 0) is 65.4 Å². The fraction of sp³-hybridized carbons (Fsp3) is 0.943. The Bertz CT molecular complexity index is 1720. The van der Waals surface area contributed by atoms with Gasteiger partial charge in [0.2, 0.25) is 0 Å². The van der Waals surface area contributed by atoms with Crippen LogP contribution in [-0.4, -0.2) is 96.7 Å². The Labute approximate surface area is 543 Å². The van der Waals surface area contributed by atoms with Crippen molar-refractivity contribution in [2.75, 3.05) is 39.6 Å². The first-order valence-electron chi connectivity index (χ1n) is 36.6. The SMILES string of the molecule is CCCCCCCCCCCCCCCC(=O)OC[C@H](COP(=O)(O)OC[C@@H](O)COP(=O)(O)OC[C@@H](COC(=O)CCCCCCCCCC)OC(=O)CCCCCCCCCCCC)OC(=O)CCCCCCCCCCCCCCCCCC(C)C. The molecule has 89 heavy (non-hydrogen) atoms. The highest BCUT2D eigenvalue weighted by Gasteiger charge is 2.30. The molecule has 0 saturated heterocycles. The molecule has 0 radical (unpaired) electrons. The zero-order chi connectivity index (χ0) is 65.6. The molecule has 0 aromatic rings. The van der Waals surface area contributed by atoms with Crippen molar-refractivity contribution in [3.05, 3.63) is 0 Å². The highest BCUT2D eigenvalue weighted by molar-refractivity contribution is 7.47. The molecule has 0 aromatic heterocycles. The third-order valence-corrected chi connectivity index (χ3v) is 18.2. The first-order valence-corrected chi connectivity index (χ1v) is 39.6. The number of esters is 4. The molecular weight excluding hydrogens is 1170 g/mol. The van der Waals surface area contributed by atoms with E-state index in [1.807, 2.05) is 0 Å². The van der Waals surface area contributed by atoms with Gasteiger partial charge in [0, 0.05) is 25.7 Å².